The topological polar surface area (TPSA) is 0 Å². The van der Waals surface area contributed by atoms with Gasteiger partial charge in [0.25, 0.3) is 0 Å². The zero-order valence-electron chi connectivity index (χ0n) is 15.0. The molecule has 26 heavy (non-hydrogen) atoms. The summed E-state index contributed by atoms with van der Waals surface area (Å²) in [6, 6.07) is 5.24. The van der Waals surface area contributed by atoms with E-state index in [0.717, 1.165) is 43.7 Å². The zero-order chi connectivity index (χ0) is 18.7. The normalized spacial score (nSPS) is 20.3. The molecule has 1 saturated carbocycles. The minimum atomic E-state index is -0.853. The van der Waals surface area contributed by atoms with Crippen molar-refractivity contribution in [2.45, 2.75) is 57.8 Å². The smallest absolute Gasteiger partial charge is 0.134 e. The molecule has 1 aliphatic rings. The van der Waals surface area contributed by atoms with Crippen LogP contribution in [0, 0.1) is 29.2 Å². The largest absolute Gasteiger partial charge is 0.207 e. The first-order valence-electron chi connectivity index (χ1n) is 9.43. The molecule has 0 saturated heterocycles. The molecule has 0 heterocycles. The maximum atomic E-state index is 14.6. The number of unbranched alkanes of at least 4 members (excludes halogenated alkanes) is 1. The van der Waals surface area contributed by atoms with Crippen LogP contribution in [0.5, 0.6) is 0 Å². The van der Waals surface area contributed by atoms with Crippen molar-refractivity contribution >= 4 is 0 Å². The van der Waals surface area contributed by atoms with E-state index >= 15 is 0 Å². The van der Waals surface area contributed by atoms with Crippen LogP contribution in [0.15, 0.2) is 30.3 Å². The van der Waals surface area contributed by atoms with Crippen molar-refractivity contribution < 1.29 is 17.6 Å². The molecule has 0 unspecified atom stereocenters. The van der Waals surface area contributed by atoms with Crippen LogP contribution in [0.25, 0.3) is 11.1 Å². The predicted molar refractivity (Wildman–Crippen MR) is 95.9 cm³/mol. The van der Waals surface area contributed by atoms with E-state index in [0.29, 0.717) is 11.6 Å². The molecule has 1 fully saturated rings. The molecule has 140 valence electrons. The van der Waals surface area contributed by atoms with Gasteiger partial charge in [-0.25, -0.2) is 17.6 Å². The summed E-state index contributed by atoms with van der Waals surface area (Å²) in [6.07, 6.45) is 7.70. The van der Waals surface area contributed by atoms with Gasteiger partial charge in [0.15, 0.2) is 0 Å². The highest BCUT2D eigenvalue weighted by Gasteiger charge is 2.24. The Morgan fingerprint density at radius 1 is 0.808 bits per heavy atom. The molecule has 0 atom stereocenters. The van der Waals surface area contributed by atoms with Gasteiger partial charge in [0, 0.05) is 6.07 Å². The Labute approximate surface area is 152 Å². The van der Waals surface area contributed by atoms with E-state index in [1.165, 1.54) is 31.4 Å². The average molecular weight is 364 g/mol. The highest BCUT2D eigenvalue weighted by molar-refractivity contribution is 5.65. The SMILES string of the molecule is CCCC[C@H]1CC[C@H](c2cc(F)c(-c3cc(F)cc(F)c3)c(F)c2)CC1. The Morgan fingerprint density at radius 3 is 1.92 bits per heavy atom. The molecule has 0 spiro atoms. The quantitative estimate of drug-likeness (QED) is 0.486. The number of halogens is 4. The summed E-state index contributed by atoms with van der Waals surface area (Å²) in [7, 11) is 0. The van der Waals surface area contributed by atoms with E-state index in [1.807, 2.05) is 0 Å². The van der Waals surface area contributed by atoms with Crippen LogP contribution < -0.4 is 0 Å². The van der Waals surface area contributed by atoms with Crippen LogP contribution in [0.4, 0.5) is 17.6 Å². The summed E-state index contributed by atoms with van der Waals surface area (Å²) in [6.45, 7) is 2.18. The Balaban J connectivity index is 1.80. The molecule has 3 rings (SSSR count). The summed E-state index contributed by atoms with van der Waals surface area (Å²) in [4.78, 5) is 0. The molecule has 1 aliphatic carbocycles. The molecule has 0 amide bonds. The Kier molecular flexibility index (Phi) is 6.00. The number of hydrogen-bond acceptors (Lipinski definition) is 0. The third-order valence-corrected chi connectivity index (χ3v) is 5.50. The van der Waals surface area contributed by atoms with Crippen molar-refractivity contribution in [2.24, 2.45) is 5.92 Å². The minimum absolute atomic E-state index is 0.118. The lowest BCUT2D eigenvalue weighted by atomic mass is 9.77. The number of hydrogen-bond donors (Lipinski definition) is 0. The Bertz CT molecular complexity index is 717. The second kappa shape index (κ2) is 8.24. The first-order valence-corrected chi connectivity index (χ1v) is 9.43. The second-order valence-electron chi connectivity index (χ2n) is 7.38. The van der Waals surface area contributed by atoms with Gasteiger partial charge >= 0.3 is 0 Å². The van der Waals surface area contributed by atoms with E-state index in [2.05, 4.69) is 6.92 Å². The zero-order valence-corrected chi connectivity index (χ0v) is 15.0. The van der Waals surface area contributed by atoms with Crippen LogP contribution in [-0.4, -0.2) is 0 Å². The van der Waals surface area contributed by atoms with Crippen LogP contribution >= 0.6 is 0 Å². The van der Waals surface area contributed by atoms with Gasteiger partial charge < -0.3 is 0 Å². The predicted octanol–water partition coefficient (Wildman–Crippen LogP) is 7.37. The van der Waals surface area contributed by atoms with Crippen molar-refractivity contribution in [1.29, 1.82) is 0 Å². The Hall–Kier alpha value is -1.84. The summed E-state index contributed by atoms with van der Waals surface area (Å²) in [5.74, 6) is -2.37. The first kappa shape index (κ1) is 18.9. The maximum Gasteiger partial charge on any atom is 0.134 e. The van der Waals surface area contributed by atoms with Crippen LogP contribution in [-0.2, 0) is 0 Å². The van der Waals surface area contributed by atoms with Crippen LogP contribution in [0.3, 0.4) is 0 Å². The second-order valence-corrected chi connectivity index (χ2v) is 7.38. The Morgan fingerprint density at radius 2 is 1.38 bits per heavy atom. The molecule has 0 nitrogen and oxygen atoms in total. The van der Waals surface area contributed by atoms with Gasteiger partial charge in [0.1, 0.15) is 23.3 Å². The molecule has 2 aromatic rings. The highest BCUT2D eigenvalue weighted by Crippen LogP contribution is 2.39. The molecule has 0 aliphatic heterocycles. The van der Waals surface area contributed by atoms with Crippen molar-refractivity contribution in [2.75, 3.05) is 0 Å². The highest BCUT2D eigenvalue weighted by atomic mass is 19.1. The van der Waals surface area contributed by atoms with Crippen LogP contribution in [0.2, 0.25) is 0 Å². The van der Waals surface area contributed by atoms with Gasteiger partial charge in [-0.3, -0.25) is 0 Å². The molecule has 0 bridgehead atoms. The summed E-state index contributed by atoms with van der Waals surface area (Å²) < 4.78 is 55.9. The van der Waals surface area contributed by atoms with Gasteiger partial charge in [0.05, 0.1) is 5.56 Å². The fourth-order valence-electron chi connectivity index (χ4n) is 4.08. The standard InChI is InChI=1S/C22H24F4/c1-2-3-4-14-5-7-15(8-6-14)16-11-20(25)22(21(26)12-16)17-9-18(23)13-19(24)10-17/h9-15H,2-8H2,1H3/t14-,15-. The van der Waals surface area contributed by atoms with E-state index in [4.69, 9.17) is 0 Å². The van der Waals surface area contributed by atoms with E-state index in [1.54, 1.807) is 0 Å². The van der Waals surface area contributed by atoms with Crippen molar-refractivity contribution in [3.63, 3.8) is 0 Å². The van der Waals surface area contributed by atoms with Gasteiger partial charge in [-0.1, -0.05) is 26.2 Å². The molecular weight excluding hydrogens is 340 g/mol. The van der Waals surface area contributed by atoms with E-state index < -0.39 is 23.3 Å². The molecular formula is C22H24F4. The fourth-order valence-corrected chi connectivity index (χ4v) is 4.08. The van der Waals surface area contributed by atoms with Crippen LogP contribution in [0.1, 0.15) is 63.4 Å². The van der Waals surface area contributed by atoms with Gasteiger partial charge in [-0.05, 0) is 72.9 Å². The third kappa shape index (κ3) is 4.28. The lowest BCUT2D eigenvalue weighted by molar-refractivity contribution is 0.303. The summed E-state index contributed by atoms with van der Waals surface area (Å²) in [5.41, 5.74) is 0.158. The molecule has 0 radical (unpaired) electrons. The average Bonchev–Trinajstić information content (AvgIpc) is 2.59. The molecule has 0 aromatic heterocycles. The van der Waals surface area contributed by atoms with Crippen molar-refractivity contribution in [1.82, 2.24) is 0 Å². The summed E-state index contributed by atoms with van der Waals surface area (Å²) >= 11 is 0. The minimum Gasteiger partial charge on any atom is -0.207 e. The molecule has 2 aromatic carbocycles. The lowest BCUT2D eigenvalue weighted by Crippen LogP contribution is -2.14. The fraction of sp³-hybridized carbons (Fsp3) is 0.455. The summed E-state index contributed by atoms with van der Waals surface area (Å²) in [5, 5.41) is 0. The van der Waals surface area contributed by atoms with Gasteiger partial charge in [0.2, 0.25) is 0 Å². The third-order valence-electron chi connectivity index (χ3n) is 5.50. The monoisotopic (exact) mass is 364 g/mol. The van der Waals surface area contributed by atoms with E-state index in [9.17, 15) is 17.6 Å². The van der Waals surface area contributed by atoms with Crippen molar-refractivity contribution in [3.05, 3.63) is 59.2 Å². The van der Waals surface area contributed by atoms with Gasteiger partial charge in [-0.15, -0.1) is 0 Å². The molecule has 4 heteroatoms. The number of benzene rings is 2. The van der Waals surface area contributed by atoms with Crippen molar-refractivity contribution in [3.8, 4) is 11.1 Å². The maximum absolute atomic E-state index is 14.6. The molecule has 0 N–H and O–H groups in total. The number of rotatable bonds is 5. The van der Waals surface area contributed by atoms with E-state index in [-0.39, 0.29) is 17.0 Å². The first-order chi connectivity index (χ1) is 12.5. The lowest BCUT2D eigenvalue weighted by Gasteiger charge is -2.29. The van der Waals surface area contributed by atoms with Gasteiger partial charge in [-0.2, -0.15) is 0 Å².